The van der Waals surface area contributed by atoms with Crippen LogP contribution in [0.1, 0.15) is 5.56 Å². The fourth-order valence-corrected chi connectivity index (χ4v) is 10.9. The minimum Gasteiger partial charge on any atom is -0.337 e. The predicted molar refractivity (Wildman–Crippen MR) is 245 cm³/mol. The number of benzene rings is 9. The molecule has 0 aliphatic carbocycles. The second kappa shape index (κ2) is 13.6. The molecule has 0 atom stereocenters. The van der Waals surface area contributed by atoms with Crippen LogP contribution in [0.3, 0.4) is 0 Å². The van der Waals surface area contributed by atoms with Crippen molar-refractivity contribution in [2.45, 2.75) is 6.54 Å². The van der Waals surface area contributed by atoms with Gasteiger partial charge in [-0.3, -0.25) is 0 Å². The first-order valence-electron chi connectivity index (χ1n) is 19.1. The van der Waals surface area contributed by atoms with E-state index in [-0.39, 0.29) is 0 Å². The van der Waals surface area contributed by atoms with E-state index in [4.69, 9.17) is 0 Å². The normalized spacial score (nSPS) is 11.6. The van der Waals surface area contributed by atoms with Crippen LogP contribution >= 0.6 is 22.7 Å². The van der Waals surface area contributed by atoms with E-state index in [1.54, 1.807) is 0 Å². The first-order chi connectivity index (χ1) is 27.7. The van der Waals surface area contributed by atoms with Gasteiger partial charge in [-0.15, -0.1) is 22.7 Å². The molecule has 2 aromatic heterocycles. The lowest BCUT2D eigenvalue weighted by atomic mass is 9.97. The summed E-state index contributed by atoms with van der Waals surface area (Å²) in [6.07, 6.45) is 0. The molecule has 0 bridgehead atoms. The van der Waals surface area contributed by atoms with E-state index < -0.39 is 0 Å². The Morgan fingerprint density at radius 1 is 0.339 bits per heavy atom. The topological polar surface area (TPSA) is 3.24 Å². The molecular formula is C53H35NS2. The number of hydrogen-bond acceptors (Lipinski definition) is 3. The standard InChI is InChI=1S/C53H35NS2/c1-2-13-37-32-38(27-26-35(37)12-1)36-28-30-41(31-29-36)54(42-16-9-15-39(33-42)44-20-10-22-48-45-18-5-7-24-50(45)55-52(44)48)34-40-14-3-4-17-43(40)47-21-11-23-49-46-19-6-8-25-51(46)56-53(47)49/h1-33H,34H2. The van der Waals surface area contributed by atoms with Crippen molar-refractivity contribution in [1.82, 2.24) is 0 Å². The van der Waals surface area contributed by atoms with Crippen molar-refractivity contribution in [1.29, 1.82) is 0 Å². The summed E-state index contributed by atoms with van der Waals surface area (Å²) in [5.74, 6) is 0. The molecule has 3 heteroatoms. The van der Waals surface area contributed by atoms with Gasteiger partial charge < -0.3 is 4.90 Å². The molecule has 0 unspecified atom stereocenters. The summed E-state index contributed by atoms with van der Waals surface area (Å²) >= 11 is 3.78. The number of rotatable bonds is 7. The molecule has 0 fully saturated rings. The first-order valence-corrected chi connectivity index (χ1v) is 20.7. The van der Waals surface area contributed by atoms with Gasteiger partial charge in [-0.1, -0.05) is 158 Å². The van der Waals surface area contributed by atoms with E-state index in [1.807, 2.05) is 22.7 Å². The van der Waals surface area contributed by atoms with Crippen molar-refractivity contribution in [3.05, 3.63) is 206 Å². The van der Waals surface area contributed by atoms with Crippen LogP contribution in [0.4, 0.5) is 11.4 Å². The van der Waals surface area contributed by atoms with Crippen LogP contribution in [-0.4, -0.2) is 0 Å². The quantitative estimate of drug-likeness (QED) is 0.157. The Labute approximate surface area is 334 Å². The monoisotopic (exact) mass is 749 g/mol. The first kappa shape index (κ1) is 32.9. The average Bonchev–Trinajstić information content (AvgIpc) is 3.85. The second-order valence-corrected chi connectivity index (χ2v) is 16.6. The lowest BCUT2D eigenvalue weighted by Gasteiger charge is -2.27. The van der Waals surface area contributed by atoms with E-state index in [0.717, 1.165) is 11.4 Å². The van der Waals surface area contributed by atoms with Crippen LogP contribution in [0, 0.1) is 0 Å². The van der Waals surface area contributed by atoms with Gasteiger partial charge in [0.15, 0.2) is 0 Å². The molecule has 11 rings (SSSR count). The lowest BCUT2D eigenvalue weighted by Crippen LogP contribution is -2.17. The highest BCUT2D eigenvalue weighted by molar-refractivity contribution is 7.26. The van der Waals surface area contributed by atoms with E-state index in [9.17, 15) is 0 Å². The third-order valence-corrected chi connectivity index (χ3v) is 13.6. The molecule has 0 N–H and O–H groups in total. The second-order valence-electron chi connectivity index (χ2n) is 14.5. The fourth-order valence-electron chi connectivity index (χ4n) is 8.40. The number of fused-ring (bicyclic) bond motifs is 7. The third kappa shape index (κ3) is 5.67. The van der Waals surface area contributed by atoms with E-state index in [2.05, 4.69) is 205 Å². The molecule has 0 radical (unpaired) electrons. The van der Waals surface area contributed by atoms with Crippen LogP contribution in [0.15, 0.2) is 200 Å². The number of thiophene rings is 2. The van der Waals surface area contributed by atoms with Gasteiger partial charge in [0.05, 0.1) is 0 Å². The van der Waals surface area contributed by atoms with Crippen LogP contribution in [0.5, 0.6) is 0 Å². The van der Waals surface area contributed by atoms with Gasteiger partial charge in [-0.2, -0.15) is 0 Å². The minimum absolute atomic E-state index is 0.712. The van der Waals surface area contributed by atoms with Crippen molar-refractivity contribution in [3.8, 4) is 33.4 Å². The molecule has 0 aliphatic heterocycles. The zero-order chi connectivity index (χ0) is 37.0. The summed E-state index contributed by atoms with van der Waals surface area (Å²) in [7, 11) is 0. The summed E-state index contributed by atoms with van der Waals surface area (Å²) in [5, 5.41) is 7.80. The predicted octanol–water partition coefficient (Wildman–Crippen LogP) is 15.9. The highest BCUT2D eigenvalue weighted by Gasteiger charge is 2.18. The highest BCUT2D eigenvalue weighted by atomic mass is 32.1. The van der Waals surface area contributed by atoms with Gasteiger partial charge in [0, 0.05) is 58.3 Å². The Kier molecular flexibility index (Phi) is 8.01. The summed E-state index contributed by atoms with van der Waals surface area (Å²) in [4.78, 5) is 2.49. The Hall–Kier alpha value is -6.52. The summed E-state index contributed by atoms with van der Waals surface area (Å²) in [6.45, 7) is 0.712. The van der Waals surface area contributed by atoms with Gasteiger partial charge >= 0.3 is 0 Å². The van der Waals surface area contributed by atoms with Gasteiger partial charge in [0.2, 0.25) is 0 Å². The molecule has 11 aromatic rings. The fraction of sp³-hybridized carbons (Fsp3) is 0.0189. The van der Waals surface area contributed by atoms with Crippen molar-refractivity contribution in [3.63, 3.8) is 0 Å². The van der Waals surface area contributed by atoms with Crippen LogP contribution in [0.25, 0.3) is 84.5 Å². The SMILES string of the molecule is c1cc(-c2cccc3c2sc2ccccc23)cc(N(Cc2ccccc2-c2cccc3c2sc2ccccc23)c2ccc(-c3ccc4ccccc4c3)cc2)c1. The number of hydrogen-bond donors (Lipinski definition) is 0. The maximum Gasteiger partial charge on any atom is 0.0487 e. The molecule has 1 nitrogen and oxygen atoms in total. The lowest BCUT2D eigenvalue weighted by molar-refractivity contribution is 0.978. The van der Waals surface area contributed by atoms with Crippen molar-refractivity contribution in [2.24, 2.45) is 0 Å². The molecule has 0 aliphatic rings. The maximum atomic E-state index is 2.49. The van der Waals surface area contributed by atoms with Crippen molar-refractivity contribution >= 4 is 85.2 Å². The zero-order valence-corrected chi connectivity index (χ0v) is 32.2. The molecule has 9 aromatic carbocycles. The molecule has 0 amide bonds. The van der Waals surface area contributed by atoms with Crippen molar-refractivity contribution < 1.29 is 0 Å². The smallest absolute Gasteiger partial charge is 0.0487 e. The molecular weight excluding hydrogens is 715 g/mol. The van der Waals surface area contributed by atoms with E-state index in [0.29, 0.717) is 6.54 Å². The molecule has 2 heterocycles. The average molecular weight is 750 g/mol. The Bertz CT molecular complexity index is 3240. The summed E-state index contributed by atoms with van der Waals surface area (Å²) < 4.78 is 5.32. The van der Waals surface area contributed by atoms with E-state index in [1.165, 1.54) is 90.1 Å². The minimum atomic E-state index is 0.712. The van der Waals surface area contributed by atoms with Crippen LogP contribution in [-0.2, 0) is 6.54 Å². The molecule has 56 heavy (non-hydrogen) atoms. The highest BCUT2D eigenvalue weighted by Crippen LogP contribution is 2.43. The largest absolute Gasteiger partial charge is 0.337 e. The van der Waals surface area contributed by atoms with Crippen LogP contribution < -0.4 is 4.90 Å². The van der Waals surface area contributed by atoms with Gasteiger partial charge in [0.25, 0.3) is 0 Å². The summed E-state index contributed by atoms with van der Waals surface area (Å²) in [6, 6.07) is 73.6. The van der Waals surface area contributed by atoms with Gasteiger partial charge in [-0.05, 0) is 92.2 Å². The molecule has 0 spiro atoms. The van der Waals surface area contributed by atoms with Crippen molar-refractivity contribution in [2.75, 3.05) is 4.90 Å². The summed E-state index contributed by atoms with van der Waals surface area (Å²) in [5.41, 5.74) is 11.1. The Morgan fingerprint density at radius 2 is 0.911 bits per heavy atom. The zero-order valence-electron chi connectivity index (χ0n) is 30.5. The van der Waals surface area contributed by atoms with E-state index >= 15 is 0 Å². The Morgan fingerprint density at radius 3 is 1.68 bits per heavy atom. The van der Waals surface area contributed by atoms with Crippen LogP contribution in [0.2, 0.25) is 0 Å². The third-order valence-electron chi connectivity index (χ3n) is 11.2. The molecule has 0 saturated heterocycles. The Balaban J connectivity index is 1.04. The maximum absolute atomic E-state index is 2.49. The molecule has 0 saturated carbocycles. The van der Waals surface area contributed by atoms with Gasteiger partial charge in [0.1, 0.15) is 0 Å². The molecule has 264 valence electrons. The van der Waals surface area contributed by atoms with Gasteiger partial charge in [-0.25, -0.2) is 0 Å². The number of nitrogens with zero attached hydrogens (tertiary/aromatic N) is 1. The number of anilines is 2.